The van der Waals surface area contributed by atoms with Crippen molar-refractivity contribution in [2.75, 3.05) is 18.0 Å². The fourth-order valence-electron chi connectivity index (χ4n) is 4.52. The van der Waals surface area contributed by atoms with E-state index < -0.39 is 0 Å². The summed E-state index contributed by atoms with van der Waals surface area (Å²) in [5, 5.41) is 1.25. The van der Waals surface area contributed by atoms with Crippen molar-refractivity contribution in [2.24, 2.45) is 5.73 Å². The summed E-state index contributed by atoms with van der Waals surface area (Å²) in [5.41, 5.74) is 15.1. The highest BCUT2D eigenvalue weighted by atomic mass is 15.2. The van der Waals surface area contributed by atoms with Gasteiger partial charge in [0.15, 0.2) is 0 Å². The van der Waals surface area contributed by atoms with E-state index >= 15 is 0 Å². The molecule has 5 heteroatoms. The summed E-state index contributed by atoms with van der Waals surface area (Å²) in [6, 6.07) is 15.4. The number of aryl methyl sites for hydroxylation is 3. The number of nitrogens with two attached hydrogens (primary N) is 1. The van der Waals surface area contributed by atoms with Crippen LogP contribution >= 0.6 is 0 Å². The zero-order chi connectivity index (χ0) is 20.8. The van der Waals surface area contributed by atoms with Crippen molar-refractivity contribution in [1.29, 1.82) is 0 Å². The molecular weight excluding hydrogens is 370 g/mol. The number of nitrogens with zero attached hydrogens (tertiary/aromatic N) is 3. The van der Waals surface area contributed by atoms with Gasteiger partial charge >= 0.3 is 0 Å². The molecule has 1 atom stereocenters. The third-order valence-electron chi connectivity index (χ3n) is 6.06. The topological polar surface area (TPSA) is 70.8 Å². The Hall–Kier alpha value is -3.18. The Bertz CT molecular complexity index is 1200. The molecular formula is C25H27N5. The van der Waals surface area contributed by atoms with E-state index in [0.717, 1.165) is 59.1 Å². The third-order valence-corrected chi connectivity index (χ3v) is 6.06. The smallest absolute Gasteiger partial charge is 0.128 e. The second kappa shape index (κ2) is 7.26. The largest absolute Gasteiger partial charge is 0.355 e. The monoisotopic (exact) mass is 397 g/mol. The van der Waals surface area contributed by atoms with Crippen LogP contribution in [0.5, 0.6) is 0 Å². The molecule has 1 aliphatic rings. The maximum absolute atomic E-state index is 6.03. The summed E-state index contributed by atoms with van der Waals surface area (Å²) in [5.74, 6) is 1.01. The molecule has 3 aromatic heterocycles. The summed E-state index contributed by atoms with van der Waals surface area (Å²) < 4.78 is 0. The zero-order valence-corrected chi connectivity index (χ0v) is 17.7. The number of H-pyrrole nitrogens is 1. The Labute approximate surface area is 177 Å². The molecule has 5 rings (SSSR count). The first kappa shape index (κ1) is 18.8. The van der Waals surface area contributed by atoms with Crippen LogP contribution < -0.4 is 10.6 Å². The Morgan fingerprint density at radius 1 is 0.967 bits per heavy atom. The lowest BCUT2D eigenvalue weighted by Gasteiger charge is -2.16. The van der Waals surface area contributed by atoms with Gasteiger partial charge in [0.1, 0.15) is 5.82 Å². The normalized spacial score (nSPS) is 16.5. The lowest BCUT2D eigenvalue weighted by atomic mass is 10.0. The van der Waals surface area contributed by atoms with E-state index in [2.05, 4.69) is 64.3 Å². The molecule has 1 fully saturated rings. The van der Waals surface area contributed by atoms with E-state index in [-0.39, 0.29) is 6.04 Å². The van der Waals surface area contributed by atoms with E-state index in [4.69, 9.17) is 10.7 Å². The van der Waals surface area contributed by atoms with Gasteiger partial charge in [-0.1, -0.05) is 12.1 Å². The summed E-state index contributed by atoms with van der Waals surface area (Å²) in [6.45, 7) is 8.13. The number of pyridine rings is 2. The van der Waals surface area contributed by atoms with Gasteiger partial charge in [-0.2, -0.15) is 0 Å². The standard InChI is InChI=1S/C25H27N5/c1-15-10-20(11-16(2)28-15)25-17(3)22-6-4-18(12-23(22)29-25)19-5-7-24(27-13-19)30-9-8-21(26)14-30/h4-7,10-13,21,29H,8-9,14,26H2,1-3H3. The van der Waals surface area contributed by atoms with E-state index in [1.165, 1.54) is 16.5 Å². The Morgan fingerprint density at radius 3 is 2.40 bits per heavy atom. The van der Waals surface area contributed by atoms with E-state index in [1.807, 2.05) is 20.0 Å². The maximum atomic E-state index is 6.03. The Balaban J connectivity index is 1.49. The highest BCUT2D eigenvalue weighted by molar-refractivity contribution is 5.93. The molecule has 3 N–H and O–H groups in total. The van der Waals surface area contributed by atoms with Gasteiger partial charge < -0.3 is 15.6 Å². The predicted molar refractivity (Wildman–Crippen MR) is 124 cm³/mol. The van der Waals surface area contributed by atoms with Gasteiger partial charge in [0.2, 0.25) is 0 Å². The molecule has 30 heavy (non-hydrogen) atoms. The van der Waals surface area contributed by atoms with Gasteiger partial charge in [0.05, 0.1) is 0 Å². The van der Waals surface area contributed by atoms with Crippen LogP contribution in [-0.2, 0) is 0 Å². The lowest BCUT2D eigenvalue weighted by Crippen LogP contribution is -2.26. The lowest BCUT2D eigenvalue weighted by molar-refractivity contribution is 0.751. The van der Waals surface area contributed by atoms with Crippen molar-refractivity contribution >= 4 is 16.7 Å². The van der Waals surface area contributed by atoms with E-state index in [1.54, 1.807) is 0 Å². The number of hydrogen-bond donors (Lipinski definition) is 2. The number of nitrogens with one attached hydrogen (secondary N) is 1. The molecule has 152 valence electrons. The first-order valence-corrected chi connectivity index (χ1v) is 10.5. The molecule has 0 radical (unpaired) electrons. The number of benzene rings is 1. The van der Waals surface area contributed by atoms with Crippen molar-refractivity contribution in [1.82, 2.24) is 15.0 Å². The number of fused-ring (bicyclic) bond motifs is 1. The molecule has 1 unspecified atom stereocenters. The zero-order valence-electron chi connectivity index (χ0n) is 17.7. The van der Waals surface area contributed by atoms with Gasteiger partial charge in [-0.25, -0.2) is 4.98 Å². The molecule has 4 aromatic rings. The van der Waals surface area contributed by atoms with Crippen LogP contribution in [0.2, 0.25) is 0 Å². The van der Waals surface area contributed by atoms with Crippen LogP contribution in [0.3, 0.4) is 0 Å². The average molecular weight is 398 g/mol. The van der Waals surface area contributed by atoms with Crippen molar-refractivity contribution < 1.29 is 0 Å². The molecule has 1 aromatic carbocycles. The fourth-order valence-corrected chi connectivity index (χ4v) is 4.52. The van der Waals surface area contributed by atoms with Gasteiger partial charge in [0, 0.05) is 64.4 Å². The van der Waals surface area contributed by atoms with Gasteiger partial charge in [-0.3, -0.25) is 4.98 Å². The van der Waals surface area contributed by atoms with Gasteiger partial charge in [-0.05, 0) is 68.7 Å². The Morgan fingerprint density at radius 2 is 1.73 bits per heavy atom. The first-order chi connectivity index (χ1) is 14.5. The second-order valence-electron chi connectivity index (χ2n) is 8.42. The molecule has 0 saturated carbocycles. The third kappa shape index (κ3) is 3.35. The highest BCUT2D eigenvalue weighted by Gasteiger charge is 2.20. The summed E-state index contributed by atoms with van der Waals surface area (Å²) in [4.78, 5) is 15.1. The minimum Gasteiger partial charge on any atom is -0.355 e. The summed E-state index contributed by atoms with van der Waals surface area (Å²) in [6.07, 6.45) is 3.00. The minimum absolute atomic E-state index is 0.257. The molecule has 0 spiro atoms. The van der Waals surface area contributed by atoms with Gasteiger partial charge in [-0.15, -0.1) is 0 Å². The molecule has 0 bridgehead atoms. The molecule has 1 saturated heterocycles. The number of anilines is 1. The summed E-state index contributed by atoms with van der Waals surface area (Å²) in [7, 11) is 0. The molecule has 5 nitrogen and oxygen atoms in total. The fraction of sp³-hybridized carbons (Fsp3) is 0.280. The molecule has 0 aliphatic carbocycles. The predicted octanol–water partition coefficient (Wildman–Crippen LogP) is 4.75. The quantitative estimate of drug-likeness (QED) is 0.523. The van der Waals surface area contributed by atoms with Crippen LogP contribution in [0.1, 0.15) is 23.4 Å². The summed E-state index contributed by atoms with van der Waals surface area (Å²) >= 11 is 0. The van der Waals surface area contributed by atoms with Crippen molar-refractivity contribution in [3.05, 3.63) is 65.6 Å². The molecule has 4 heterocycles. The Kier molecular flexibility index (Phi) is 4.55. The number of rotatable bonds is 3. The van der Waals surface area contributed by atoms with Crippen LogP contribution in [0.15, 0.2) is 48.7 Å². The molecule has 0 amide bonds. The van der Waals surface area contributed by atoms with Crippen LogP contribution in [0.4, 0.5) is 5.82 Å². The first-order valence-electron chi connectivity index (χ1n) is 10.5. The van der Waals surface area contributed by atoms with Crippen LogP contribution in [-0.4, -0.2) is 34.1 Å². The van der Waals surface area contributed by atoms with E-state index in [9.17, 15) is 0 Å². The highest BCUT2D eigenvalue weighted by Crippen LogP contribution is 2.33. The van der Waals surface area contributed by atoms with Crippen molar-refractivity contribution in [3.8, 4) is 22.4 Å². The van der Waals surface area contributed by atoms with Gasteiger partial charge in [0.25, 0.3) is 0 Å². The van der Waals surface area contributed by atoms with Crippen molar-refractivity contribution in [2.45, 2.75) is 33.2 Å². The maximum Gasteiger partial charge on any atom is 0.128 e. The van der Waals surface area contributed by atoms with Crippen LogP contribution in [0, 0.1) is 20.8 Å². The molecule has 1 aliphatic heterocycles. The number of hydrogen-bond acceptors (Lipinski definition) is 4. The van der Waals surface area contributed by atoms with E-state index in [0.29, 0.717) is 0 Å². The number of aromatic nitrogens is 3. The second-order valence-corrected chi connectivity index (χ2v) is 8.42. The SMILES string of the molecule is Cc1cc(-c2[nH]c3cc(-c4ccc(N5CCC(N)C5)nc4)ccc3c2C)cc(C)n1. The van der Waals surface area contributed by atoms with Crippen molar-refractivity contribution in [3.63, 3.8) is 0 Å². The number of aromatic amines is 1. The van der Waals surface area contributed by atoms with Crippen LogP contribution in [0.25, 0.3) is 33.3 Å². The average Bonchev–Trinajstić information content (AvgIpc) is 3.30. The minimum atomic E-state index is 0.257.